The van der Waals surface area contributed by atoms with Crippen molar-refractivity contribution in [3.8, 4) is 0 Å². The molecular formula is C16H18BrN3O. The lowest BCUT2D eigenvalue weighted by atomic mass is 10.2. The first kappa shape index (κ1) is 15.5. The number of halogens is 1. The van der Waals surface area contributed by atoms with Crippen LogP contribution in [0.5, 0.6) is 0 Å². The molecule has 1 aromatic carbocycles. The van der Waals surface area contributed by atoms with Crippen LogP contribution in [0.4, 0.5) is 5.69 Å². The van der Waals surface area contributed by atoms with Crippen molar-refractivity contribution in [2.45, 2.75) is 19.9 Å². The molecule has 21 heavy (non-hydrogen) atoms. The van der Waals surface area contributed by atoms with Gasteiger partial charge in [0.15, 0.2) is 0 Å². The molecule has 0 spiro atoms. The van der Waals surface area contributed by atoms with Crippen molar-refractivity contribution >= 4 is 27.5 Å². The number of carbonyl (C=O) groups is 1. The second-order valence-electron chi connectivity index (χ2n) is 4.77. The molecule has 2 rings (SSSR count). The maximum absolute atomic E-state index is 11.8. The van der Waals surface area contributed by atoms with E-state index >= 15 is 0 Å². The molecule has 2 aromatic rings. The molecule has 0 aliphatic carbocycles. The van der Waals surface area contributed by atoms with Crippen LogP contribution in [0, 0.1) is 6.92 Å². The van der Waals surface area contributed by atoms with Crippen LogP contribution >= 0.6 is 15.9 Å². The number of hydrogen-bond donors (Lipinski definition) is 2. The Bertz CT molecular complexity index is 602. The fourth-order valence-electron chi connectivity index (χ4n) is 1.93. The third kappa shape index (κ3) is 5.19. The highest BCUT2D eigenvalue weighted by Gasteiger charge is 2.03. The Morgan fingerprint density at radius 3 is 2.90 bits per heavy atom. The summed E-state index contributed by atoms with van der Waals surface area (Å²) in [6.07, 6.45) is 3.91. The lowest BCUT2D eigenvalue weighted by Gasteiger charge is -2.10. The first-order valence-electron chi connectivity index (χ1n) is 6.81. The average Bonchev–Trinajstić information content (AvgIpc) is 2.48. The highest BCUT2D eigenvalue weighted by molar-refractivity contribution is 9.10. The number of anilines is 1. The molecule has 0 aliphatic heterocycles. The molecular weight excluding hydrogens is 330 g/mol. The fraction of sp³-hybridized carbons (Fsp3) is 0.250. The Kier molecular flexibility index (Phi) is 5.75. The zero-order valence-electron chi connectivity index (χ0n) is 11.9. The Morgan fingerprint density at radius 1 is 1.33 bits per heavy atom. The largest absolute Gasteiger partial charge is 0.384 e. The first-order chi connectivity index (χ1) is 10.1. The molecule has 0 unspecified atom stereocenters. The van der Waals surface area contributed by atoms with E-state index in [4.69, 9.17) is 0 Å². The number of hydrogen-bond acceptors (Lipinski definition) is 3. The quantitative estimate of drug-likeness (QED) is 0.843. The summed E-state index contributed by atoms with van der Waals surface area (Å²) in [5.74, 6) is 0.0288. The number of pyridine rings is 1. The van der Waals surface area contributed by atoms with E-state index in [2.05, 4.69) is 31.5 Å². The molecule has 110 valence electrons. The summed E-state index contributed by atoms with van der Waals surface area (Å²) < 4.78 is 1.06. The third-order valence-corrected chi connectivity index (χ3v) is 3.56. The van der Waals surface area contributed by atoms with Gasteiger partial charge >= 0.3 is 0 Å². The lowest BCUT2D eigenvalue weighted by molar-refractivity contribution is -0.121. The molecule has 0 aliphatic rings. The summed E-state index contributed by atoms with van der Waals surface area (Å²) in [4.78, 5) is 15.8. The van der Waals surface area contributed by atoms with Crippen LogP contribution in [-0.4, -0.2) is 17.4 Å². The smallest absolute Gasteiger partial charge is 0.222 e. The van der Waals surface area contributed by atoms with Gasteiger partial charge in [-0.15, -0.1) is 0 Å². The monoisotopic (exact) mass is 347 g/mol. The molecule has 0 saturated heterocycles. The zero-order valence-corrected chi connectivity index (χ0v) is 13.5. The molecule has 4 nitrogen and oxygen atoms in total. The fourth-order valence-corrected chi connectivity index (χ4v) is 2.40. The molecule has 1 amide bonds. The predicted molar refractivity (Wildman–Crippen MR) is 88.1 cm³/mol. The van der Waals surface area contributed by atoms with E-state index in [9.17, 15) is 4.79 Å². The van der Waals surface area contributed by atoms with Gasteiger partial charge in [-0.25, -0.2) is 0 Å². The van der Waals surface area contributed by atoms with E-state index in [0.717, 1.165) is 21.3 Å². The van der Waals surface area contributed by atoms with Crippen LogP contribution < -0.4 is 10.6 Å². The van der Waals surface area contributed by atoms with Crippen molar-refractivity contribution in [3.63, 3.8) is 0 Å². The first-order valence-corrected chi connectivity index (χ1v) is 7.60. The maximum atomic E-state index is 11.8. The summed E-state index contributed by atoms with van der Waals surface area (Å²) in [7, 11) is 0. The zero-order chi connectivity index (χ0) is 15.1. The van der Waals surface area contributed by atoms with Crippen LogP contribution in [0.25, 0.3) is 0 Å². The van der Waals surface area contributed by atoms with E-state index in [1.54, 1.807) is 12.4 Å². The van der Waals surface area contributed by atoms with Crippen LogP contribution in [-0.2, 0) is 11.3 Å². The number of benzene rings is 1. The van der Waals surface area contributed by atoms with Gasteiger partial charge in [-0.05, 0) is 42.3 Å². The Labute approximate surface area is 133 Å². The number of aromatic nitrogens is 1. The lowest BCUT2D eigenvalue weighted by Crippen LogP contribution is -2.25. The van der Waals surface area contributed by atoms with Gasteiger partial charge in [0.1, 0.15) is 0 Å². The van der Waals surface area contributed by atoms with Gasteiger partial charge in [0.05, 0.1) is 0 Å². The molecule has 2 N–H and O–H groups in total. The summed E-state index contributed by atoms with van der Waals surface area (Å²) in [5.41, 5.74) is 3.21. The van der Waals surface area contributed by atoms with E-state index in [1.807, 2.05) is 37.3 Å². The van der Waals surface area contributed by atoms with Crippen molar-refractivity contribution in [3.05, 3.63) is 58.3 Å². The molecule has 0 fully saturated rings. The van der Waals surface area contributed by atoms with Crippen molar-refractivity contribution in [1.82, 2.24) is 10.3 Å². The minimum atomic E-state index is 0.0288. The molecule has 0 radical (unpaired) electrons. The topological polar surface area (TPSA) is 54.0 Å². The van der Waals surface area contributed by atoms with Gasteiger partial charge in [0, 0.05) is 42.1 Å². The van der Waals surface area contributed by atoms with Crippen LogP contribution in [0.2, 0.25) is 0 Å². The second kappa shape index (κ2) is 7.78. The SMILES string of the molecule is Cc1cc(Br)ccc1NCCC(=O)NCc1cccnc1. The van der Waals surface area contributed by atoms with E-state index in [-0.39, 0.29) is 5.91 Å². The van der Waals surface area contributed by atoms with Crippen molar-refractivity contribution in [1.29, 1.82) is 0 Å². The van der Waals surface area contributed by atoms with E-state index in [1.165, 1.54) is 0 Å². The molecule has 1 heterocycles. The molecule has 0 atom stereocenters. The Morgan fingerprint density at radius 2 is 2.19 bits per heavy atom. The summed E-state index contributed by atoms with van der Waals surface area (Å²) in [5, 5.41) is 6.16. The van der Waals surface area contributed by atoms with Gasteiger partial charge in [-0.3, -0.25) is 9.78 Å². The Hall–Kier alpha value is -1.88. The molecule has 1 aromatic heterocycles. The predicted octanol–water partition coefficient (Wildman–Crippen LogP) is 3.27. The van der Waals surface area contributed by atoms with Gasteiger partial charge in [0.2, 0.25) is 5.91 Å². The number of nitrogens with zero attached hydrogens (tertiary/aromatic N) is 1. The third-order valence-electron chi connectivity index (χ3n) is 3.07. The van der Waals surface area contributed by atoms with Crippen LogP contribution in [0.3, 0.4) is 0 Å². The number of aryl methyl sites for hydroxylation is 1. The molecule has 0 bridgehead atoms. The highest BCUT2D eigenvalue weighted by Crippen LogP contribution is 2.19. The summed E-state index contributed by atoms with van der Waals surface area (Å²) >= 11 is 3.43. The minimum Gasteiger partial charge on any atom is -0.384 e. The average molecular weight is 348 g/mol. The van der Waals surface area contributed by atoms with Gasteiger partial charge in [-0.2, -0.15) is 0 Å². The van der Waals surface area contributed by atoms with Crippen molar-refractivity contribution < 1.29 is 4.79 Å². The summed E-state index contributed by atoms with van der Waals surface area (Å²) in [6.45, 7) is 3.17. The van der Waals surface area contributed by atoms with Crippen molar-refractivity contribution in [2.24, 2.45) is 0 Å². The van der Waals surface area contributed by atoms with Gasteiger partial charge in [-0.1, -0.05) is 22.0 Å². The van der Waals surface area contributed by atoms with Gasteiger partial charge in [0.25, 0.3) is 0 Å². The number of nitrogens with one attached hydrogen (secondary N) is 2. The minimum absolute atomic E-state index is 0.0288. The number of carbonyl (C=O) groups excluding carboxylic acids is 1. The van der Waals surface area contributed by atoms with E-state index in [0.29, 0.717) is 19.5 Å². The number of amides is 1. The Balaban J connectivity index is 1.72. The normalized spacial score (nSPS) is 10.2. The van der Waals surface area contributed by atoms with Crippen LogP contribution in [0.15, 0.2) is 47.2 Å². The molecule has 5 heteroatoms. The van der Waals surface area contributed by atoms with Crippen LogP contribution in [0.1, 0.15) is 17.5 Å². The van der Waals surface area contributed by atoms with Crippen molar-refractivity contribution in [2.75, 3.05) is 11.9 Å². The maximum Gasteiger partial charge on any atom is 0.222 e. The van der Waals surface area contributed by atoms with E-state index < -0.39 is 0 Å². The highest BCUT2D eigenvalue weighted by atomic mass is 79.9. The second-order valence-corrected chi connectivity index (χ2v) is 5.69. The molecule has 0 saturated carbocycles. The summed E-state index contributed by atoms with van der Waals surface area (Å²) in [6, 6.07) is 9.84. The number of rotatable bonds is 6. The van der Waals surface area contributed by atoms with Gasteiger partial charge < -0.3 is 10.6 Å². The standard InChI is InChI=1S/C16H18BrN3O/c1-12-9-14(17)4-5-15(12)19-8-6-16(21)20-11-13-3-2-7-18-10-13/h2-5,7,9-10,19H,6,8,11H2,1H3,(H,20,21).